The molecule has 0 spiro atoms. The summed E-state index contributed by atoms with van der Waals surface area (Å²) < 4.78 is 10.4. The molecule has 14 heavy (non-hydrogen) atoms. The fraction of sp³-hybridized carbons (Fsp3) is 0.667. The lowest BCUT2D eigenvalue weighted by atomic mass is 10.1. The molecule has 0 amide bonds. The predicted octanol–water partition coefficient (Wildman–Crippen LogP) is 1.51. The van der Waals surface area contributed by atoms with Gasteiger partial charge in [-0.2, -0.15) is 4.98 Å². The molecule has 2 rings (SSSR count). The van der Waals surface area contributed by atoms with Gasteiger partial charge in [-0.25, -0.2) is 0 Å². The number of carbonyl (C=O) groups is 1. The number of ether oxygens (including phenoxy) is 1. The zero-order chi connectivity index (χ0) is 9.97. The Morgan fingerprint density at radius 2 is 2.36 bits per heavy atom. The van der Waals surface area contributed by atoms with Crippen LogP contribution in [0, 0.1) is 0 Å². The van der Waals surface area contributed by atoms with Crippen LogP contribution in [-0.4, -0.2) is 22.5 Å². The standard InChI is InChI=1S/C9H12N2O3/c1-6(12)8-10-9(14-11-8)7-4-2-3-5-13-7/h7H,2-5H2,1H3. The van der Waals surface area contributed by atoms with E-state index in [0.717, 1.165) is 25.9 Å². The van der Waals surface area contributed by atoms with Crippen LogP contribution in [0.1, 0.15) is 48.8 Å². The first-order valence-electron chi connectivity index (χ1n) is 4.73. The van der Waals surface area contributed by atoms with E-state index in [9.17, 15) is 4.79 Å². The third kappa shape index (κ3) is 1.82. The Balaban J connectivity index is 2.11. The summed E-state index contributed by atoms with van der Waals surface area (Å²) in [6.45, 7) is 2.14. The number of hydrogen-bond acceptors (Lipinski definition) is 5. The van der Waals surface area contributed by atoms with Crippen LogP contribution in [0.5, 0.6) is 0 Å². The molecule has 1 atom stereocenters. The summed E-state index contributed by atoms with van der Waals surface area (Å²) in [4.78, 5) is 14.9. The van der Waals surface area contributed by atoms with E-state index in [0.29, 0.717) is 5.89 Å². The molecule has 1 aliphatic rings. The van der Waals surface area contributed by atoms with Crippen LogP contribution in [0.2, 0.25) is 0 Å². The van der Waals surface area contributed by atoms with Gasteiger partial charge in [-0.05, 0) is 19.3 Å². The second kappa shape index (κ2) is 3.88. The van der Waals surface area contributed by atoms with Gasteiger partial charge in [-0.1, -0.05) is 5.16 Å². The summed E-state index contributed by atoms with van der Waals surface area (Å²) in [5.74, 6) is 0.375. The van der Waals surface area contributed by atoms with Crippen LogP contribution in [0.4, 0.5) is 0 Å². The van der Waals surface area contributed by atoms with Gasteiger partial charge >= 0.3 is 0 Å². The third-order valence-corrected chi connectivity index (χ3v) is 2.21. The third-order valence-electron chi connectivity index (χ3n) is 2.21. The highest BCUT2D eigenvalue weighted by molar-refractivity contribution is 5.89. The summed E-state index contributed by atoms with van der Waals surface area (Å²) >= 11 is 0. The highest BCUT2D eigenvalue weighted by Crippen LogP contribution is 2.26. The van der Waals surface area contributed by atoms with Gasteiger partial charge in [0.2, 0.25) is 11.6 Å². The van der Waals surface area contributed by atoms with Gasteiger partial charge in [0, 0.05) is 13.5 Å². The average molecular weight is 196 g/mol. The molecule has 5 heteroatoms. The average Bonchev–Trinajstić information content (AvgIpc) is 2.68. The SMILES string of the molecule is CC(=O)c1noc(C2CCCCO2)n1. The Morgan fingerprint density at radius 3 is 2.93 bits per heavy atom. The lowest BCUT2D eigenvalue weighted by molar-refractivity contribution is -0.00459. The zero-order valence-corrected chi connectivity index (χ0v) is 8.02. The van der Waals surface area contributed by atoms with E-state index in [-0.39, 0.29) is 17.7 Å². The highest BCUT2D eigenvalue weighted by atomic mass is 16.5. The van der Waals surface area contributed by atoms with Gasteiger partial charge in [0.1, 0.15) is 6.10 Å². The van der Waals surface area contributed by atoms with E-state index in [1.54, 1.807) is 0 Å². The van der Waals surface area contributed by atoms with Gasteiger partial charge in [0.05, 0.1) is 0 Å². The van der Waals surface area contributed by atoms with Crippen LogP contribution >= 0.6 is 0 Å². The molecule has 0 aromatic carbocycles. The van der Waals surface area contributed by atoms with Gasteiger partial charge in [-0.15, -0.1) is 0 Å². The number of carbonyl (C=O) groups excluding carboxylic acids is 1. The van der Waals surface area contributed by atoms with Crippen molar-refractivity contribution >= 4 is 5.78 Å². The van der Waals surface area contributed by atoms with E-state index in [1.807, 2.05) is 0 Å². The fourth-order valence-electron chi connectivity index (χ4n) is 1.44. The quantitative estimate of drug-likeness (QED) is 0.671. The first kappa shape index (κ1) is 9.33. The van der Waals surface area contributed by atoms with Gasteiger partial charge in [0.25, 0.3) is 5.89 Å². The molecule has 1 saturated heterocycles. The lowest BCUT2D eigenvalue weighted by Crippen LogP contribution is -2.11. The van der Waals surface area contributed by atoms with Crippen molar-refractivity contribution in [2.45, 2.75) is 32.3 Å². The van der Waals surface area contributed by atoms with Crippen molar-refractivity contribution in [2.24, 2.45) is 0 Å². The number of ketones is 1. The largest absolute Gasteiger partial charge is 0.368 e. The second-order valence-electron chi connectivity index (χ2n) is 3.37. The van der Waals surface area contributed by atoms with Gasteiger partial charge in [-0.3, -0.25) is 4.79 Å². The molecule has 5 nitrogen and oxygen atoms in total. The number of rotatable bonds is 2. The molecule has 1 fully saturated rings. The molecule has 0 saturated carbocycles. The molecular weight excluding hydrogens is 184 g/mol. The highest BCUT2D eigenvalue weighted by Gasteiger charge is 2.23. The number of hydrogen-bond donors (Lipinski definition) is 0. The Labute approximate surface area is 81.4 Å². The molecule has 1 aromatic heterocycles. The molecule has 2 heterocycles. The minimum atomic E-state index is -0.184. The molecule has 1 aromatic rings. The van der Waals surface area contributed by atoms with E-state index in [1.165, 1.54) is 6.92 Å². The van der Waals surface area contributed by atoms with Crippen LogP contribution in [0.15, 0.2) is 4.52 Å². The Morgan fingerprint density at radius 1 is 1.50 bits per heavy atom. The molecule has 76 valence electrons. The Kier molecular flexibility index (Phi) is 2.58. The maximum atomic E-state index is 10.9. The van der Waals surface area contributed by atoms with Crippen LogP contribution in [0.3, 0.4) is 0 Å². The minimum absolute atomic E-state index is 0.121. The molecule has 0 bridgehead atoms. The molecule has 0 aliphatic carbocycles. The van der Waals surface area contributed by atoms with Crippen LogP contribution in [-0.2, 0) is 4.74 Å². The van der Waals surface area contributed by atoms with Gasteiger partial charge in [0.15, 0.2) is 0 Å². The van der Waals surface area contributed by atoms with E-state index in [4.69, 9.17) is 9.26 Å². The summed E-state index contributed by atoms with van der Waals surface area (Å²) in [6.07, 6.45) is 2.94. The van der Waals surface area contributed by atoms with Crippen molar-refractivity contribution in [1.82, 2.24) is 10.1 Å². The monoisotopic (exact) mass is 196 g/mol. The summed E-state index contributed by atoms with van der Waals surface area (Å²) in [5, 5.41) is 3.58. The van der Waals surface area contributed by atoms with Crippen LogP contribution < -0.4 is 0 Å². The van der Waals surface area contributed by atoms with E-state index < -0.39 is 0 Å². The maximum absolute atomic E-state index is 10.9. The number of nitrogens with zero attached hydrogens (tertiary/aromatic N) is 2. The Bertz CT molecular complexity index is 329. The van der Waals surface area contributed by atoms with Crippen molar-refractivity contribution in [1.29, 1.82) is 0 Å². The van der Waals surface area contributed by atoms with Crippen molar-refractivity contribution in [3.63, 3.8) is 0 Å². The molecule has 1 aliphatic heterocycles. The summed E-state index contributed by atoms with van der Waals surface area (Å²) in [5.41, 5.74) is 0. The zero-order valence-electron chi connectivity index (χ0n) is 8.02. The fourth-order valence-corrected chi connectivity index (χ4v) is 1.44. The minimum Gasteiger partial charge on any atom is -0.368 e. The summed E-state index contributed by atoms with van der Waals surface area (Å²) in [7, 11) is 0. The molecular formula is C9H12N2O3. The maximum Gasteiger partial charge on any atom is 0.256 e. The topological polar surface area (TPSA) is 65.2 Å². The van der Waals surface area contributed by atoms with Crippen molar-refractivity contribution in [2.75, 3.05) is 6.61 Å². The molecule has 1 unspecified atom stereocenters. The van der Waals surface area contributed by atoms with Crippen molar-refractivity contribution in [3.05, 3.63) is 11.7 Å². The summed E-state index contributed by atoms with van der Waals surface area (Å²) in [6, 6.07) is 0. The normalized spacial score (nSPS) is 22.2. The first-order chi connectivity index (χ1) is 6.77. The predicted molar refractivity (Wildman–Crippen MR) is 46.8 cm³/mol. The van der Waals surface area contributed by atoms with Crippen molar-refractivity contribution < 1.29 is 14.1 Å². The molecule has 0 N–H and O–H groups in total. The molecule has 0 radical (unpaired) electrons. The van der Waals surface area contributed by atoms with Gasteiger partial charge < -0.3 is 9.26 Å². The number of Topliss-reactive ketones (excluding diaryl/α,β-unsaturated/α-hetero) is 1. The van der Waals surface area contributed by atoms with Crippen molar-refractivity contribution in [3.8, 4) is 0 Å². The van der Waals surface area contributed by atoms with Crippen LogP contribution in [0.25, 0.3) is 0 Å². The Hall–Kier alpha value is -1.23. The smallest absolute Gasteiger partial charge is 0.256 e. The van der Waals surface area contributed by atoms with E-state index in [2.05, 4.69) is 10.1 Å². The van der Waals surface area contributed by atoms with E-state index >= 15 is 0 Å². The second-order valence-corrected chi connectivity index (χ2v) is 3.37. The lowest BCUT2D eigenvalue weighted by Gasteiger charge is -2.18. The number of aromatic nitrogens is 2. The first-order valence-corrected chi connectivity index (χ1v) is 4.73.